The molecule has 0 N–H and O–H groups in total. The van der Waals surface area contributed by atoms with Gasteiger partial charge in [0.05, 0.1) is 6.61 Å². The highest BCUT2D eigenvalue weighted by Gasteiger charge is 2.03. The lowest BCUT2D eigenvalue weighted by Crippen LogP contribution is -2.00. The Bertz CT molecular complexity index is 344. The van der Waals surface area contributed by atoms with Crippen LogP contribution in [0.1, 0.15) is 12.5 Å². The highest BCUT2D eigenvalue weighted by Crippen LogP contribution is 2.24. The minimum atomic E-state index is -0.286. The van der Waals surface area contributed by atoms with Gasteiger partial charge in [-0.05, 0) is 18.7 Å². The SMILES string of the molecule is CCOC(=O)/C=C(/SC)c1ccccc1. The smallest absolute Gasteiger partial charge is 0.331 e. The maximum absolute atomic E-state index is 11.3. The molecule has 3 heteroatoms. The molecule has 0 atom stereocenters. The van der Waals surface area contributed by atoms with Crippen molar-refractivity contribution in [3.05, 3.63) is 42.0 Å². The highest BCUT2D eigenvalue weighted by molar-refractivity contribution is 8.07. The molecule has 1 rings (SSSR count). The van der Waals surface area contributed by atoms with Gasteiger partial charge in [-0.3, -0.25) is 0 Å². The first-order valence-electron chi connectivity index (χ1n) is 4.75. The summed E-state index contributed by atoms with van der Waals surface area (Å²) in [6.07, 6.45) is 3.47. The minimum Gasteiger partial charge on any atom is -0.463 e. The van der Waals surface area contributed by atoms with E-state index in [4.69, 9.17) is 4.74 Å². The first-order chi connectivity index (χ1) is 7.27. The average Bonchev–Trinajstić information content (AvgIpc) is 2.27. The maximum Gasteiger partial charge on any atom is 0.331 e. The van der Waals surface area contributed by atoms with Gasteiger partial charge in [0, 0.05) is 11.0 Å². The van der Waals surface area contributed by atoms with E-state index in [1.54, 1.807) is 6.92 Å². The van der Waals surface area contributed by atoms with Gasteiger partial charge in [0.15, 0.2) is 0 Å². The predicted octanol–water partition coefficient (Wildman–Crippen LogP) is 2.95. The summed E-state index contributed by atoms with van der Waals surface area (Å²) in [4.78, 5) is 12.2. The summed E-state index contributed by atoms with van der Waals surface area (Å²) < 4.78 is 4.87. The Balaban J connectivity index is 2.84. The van der Waals surface area contributed by atoms with Crippen LogP contribution in [0, 0.1) is 0 Å². The molecule has 0 unspecified atom stereocenters. The molecule has 0 amide bonds. The average molecular weight is 222 g/mol. The number of rotatable bonds is 4. The van der Waals surface area contributed by atoms with Crippen molar-refractivity contribution in [3.63, 3.8) is 0 Å². The fourth-order valence-electron chi connectivity index (χ4n) is 1.15. The molecule has 1 aromatic rings. The first kappa shape index (κ1) is 11.9. The van der Waals surface area contributed by atoms with Crippen LogP contribution in [0.25, 0.3) is 4.91 Å². The zero-order valence-corrected chi connectivity index (χ0v) is 9.71. The molecule has 0 fully saturated rings. The van der Waals surface area contributed by atoms with Gasteiger partial charge in [0.25, 0.3) is 0 Å². The van der Waals surface area contributed by atoms with Crippen LogP contribution >= 0.6 is 11.8 Å². The molecule has 0 saturated carbocycles. The molecule has 0 saturated heterocycles. The van der Waals surface area contributed by atoms with Crippen LogP contribution in [0.3, 0.4) is 0 Å². The second-order valence-corrected chi connectivity index (χ2v) is 3.68. The molecule has 0 heterocycles. The maximum atomic E-state index is 11.3. The van der Waals surface area contributed by atoms with Gasteiger partial charge in [0.1, 0.15) is 0 Å². The molecule has 0 aliphatic heterocycles. The molecular weight excluding hydrogens is 208 g/mol. The van der Waals surface area contributed by atoms with Gasteiger partial charge in [-0.1, -0.05) is 30.3 Å². The predicted molar refractivity (Wildman–Crippen MR) is 64.6 cm³/mol. The monoisotopic (exact) mass is 222 g/mol. The largest absolute Gasteiger partial charge is 0.463 e. The minimum absolute atomic E-state index is 0.286. The Morgan fingerprint density at radius 1 is 1.40 bits per heavy atom. The zero-order chi connectivity index (χ0) is 11.1. The van der Waals surface area contributed by atoms with E-state index in [1.165, 1.54) is 17.8 Å². The highest BCUT2D eigenvalue weighted by atomic mass is 32.2. The van der Waals surface area contributed by atoms with Crippen molar-refractivity contribution in [2.24, 2.45) is 0 Å². The number of carbonyl (C=O) groups excluding carboxylic acids is 1. The van der Waals surface area contributed by atoms with E-state index in [2.05, 4.69) is 0 Å². The van der Waals surface area contributed by atoms with E-state index in [0.717, 1.165) is 10.5 Å². The van der Waals surface area contributed by atoms with E-state index in [1.807, 2.05) is 36.6 Å². The van der Waals surface area contributed by atoms with Crippen molar-refractivity contribution >= 4 is 22.6 Å². The zero-order valence-electron chi connectivity index (χ0n) is 8.90. The quantitative estimate of drug-likeness (QED) is 0.578. The third-order valence-corrected chi connectivity index (χ3v) is 2.61. The van der Waals surface area contributed by atoms with Crippen LogP contribution < -0.4 is 0 Å². The summed E-state index contributed by atoms with van der Waals surface area (Å²) in [7, 11) is 0. The first-order valence-corrected chi connectivity index (χ1v) is 5.98. The van der Waals surface area contributed by atoms with Crippen LogP contribution in [0.5, 0.6) is 0 Å². The summed E-state index contributed by atoms with van der Waals surface area (Å²) in [5, 5.41) is 0. The third-order valence-electron chi connectivity index (χ3n) is 1.81. The molecule has 0 aromatic heterocycles. The number of esters is 1. The lowest BCUT2D eigenvalue weighted by molar-refractivity contribution is -0.137. The summed E-state index contributed by atoms with van der Waals surface area (Å²) in [5.74, 6) is -0.286. The topological polar surface area (TPSA) is 26.3 Å². The molecule has 80 valence electrons. The summed E-state index contributed by atoms with van der Waals surface area (Å²) >= 11 is 1.54. The fraction of sp³-hybridized carbons (Fsp3) is 0.250. The molecule has 0 bridgehead atoms. The van der Waals surface area contributed by atoms with Gasteiger partial charge < -0.3 is 4.74 Å². The number of thioether (sulfide) groups is 1. The van der Waals surface area contributed by atoms with Crippen LogP contribution in [0.15, 0.2) is 36.4 Å². The Hall–Kier alpha value is -1.22. The van der Waals surface area contributed by atoms with E-state index in [9.17, 15) is 4.79 Å². The summed E-state index contributed by atoms with van der Waals surface area (Å²) in [6.45, 7) is 2.21. The standard InChI is InChI=1S/C12H14O2S/c1-3-14-12(13)9-11(15-2)10-7-5-4-6-8-10/h4-9H,3H2,1-2H3/b11-9+. The number of ether oxygens (including phenoxy) is 1. The molecule has 2 nitrogen and oxygen atoms in total. The molecular formula is C12H14O2S. The van der Waals surface area contributed by atoms with Crippen LogP contribution in [-0.2, 0) is 9.53 Å². The lowest BCUT2D eigenvalue weighted by Gasteiger charge is -2.03. The fourth-order valence-corrected chi connectivity index (χ4v) is 1.74. The number of carbonyl (C=O) groups is 1. The van der Waals surface area contributed by atoms with E-state index in [-0.39, 0.29) is 5.97 Å². The van der Waals surface area contributed by atoms with Crippen molar-refractivity contribution in [2.75, 3.05) is 12.9 Å². The Labute approximate surface area is 94.3 Å². The Morgan fingerprint density at radius 2 is 2.07 bits per heavy atom. The van der Waals surface area contributed by atoms with E-state index in [0.29, 0.717) is 6.61 Å². The number of hydrogen-bond acceptors (Lipinski definition) is 3. The van der Waals surface area contributed by atoms with Gasteiger partial charge in [-0.2, -0.15) is 0 Å². The summed E-state index contributed by atoms with van der Waals surface area (Å²) in [5.41, 5.74) is 1.04. The van der Waals surface area contributed by atoms with Gasteiger partial charge in [0.2, 0.25) is 0 Å². The van der Waals surface area contributed by atoms with Gasteiger partial charge in [-0.15, -0.1) is 11.8 Å². The molecule has 15 heavy (non-hydrogen) atoms. The van der Waals surface area contributed by atoms with Crippen molar-refractivity contribution in [3.8, 4) is 0 Å². The molecule has 0 aliphatic rings. The second-order valence-electron chi connectivity index (χ2n) is 2.83. The number of benzene rings is 1. The van der Waals surface area contributed by atoms with Crippen molar-refractivity contribution in [1.82, 2.24) is 0 Å². The molecule has 0 radical (unpaired) electrons. The normalized spacial score (nSPS) is 11.2. The molecule has 0 spiro atoms. The summed E-state index contributed by atoms with van der Waals surface area (Å²) in [6, 6.07) is 9.80. The third kappa shape index (κ3) is 3.80. The molecule has 1 aromatic carbocycles. The van der Waals surface area contributed by atoms with Gasteiger partial charge >= 0.3 is 5.97 Å². The van der Waals surface area contributed by atoms with Crippen LogP contribution in [0.4, 0.5) is 0 Å². The number of hydrogen-bond donors (Lipinski definition) is 0. The second kappa shape index (κ2) is 6.30. The van der Waals surface area contributed by atoms with Gasteiger partial charge in [-0.25, -0.2) is 4.79 Å². The Kier molecular flexibility index (Phi) is 4.98. The van der Waals surface area contributed by atoms with Crippen LogP contribution in [-0.4, -0.2) is 18.8 Å². The Morgan fingerprint density at radius 3 is 2.60 bits per heavy atom. The lowest BCUT2D eigenvalue weighted by atomic mass is 10.2. The van der Waals surface area contributed by atoms with E-state index >= 15 is 0 Å². The van der Waals surface area contributed by atoms with Crippen molar-refractivity contribution in [2.45, 2.75) is 6.92 Å². The van der Waals surface area contributed by atoms with Crippen LogP contribution in [0.2, 0.25) is 0 Å². The van der Waals surface area contributed by atoms with Crippen molar-refractivity contribution in [1.29, 1.82) is 0 Å². The van der Waals surface area contributed by atoms with Crippen molar-refractivity contribution < 1.29 is 9.53 Å². The van der Waals surface area contributed by atoms with E-state index < -0.39 is 0 Å². The molecule has 0 aliphatic carbocycles.